The summed E-state index contributed by atoms with van der Waals surface area (Å²) in [4.78, 5) is 25.3. The molecule has 0 saturated carbocycles. The molecular formula is C17H23N3O2. The topological polar surface area (TPSA) is 66.9 Å². The number of nitrogens with one attached hydrogen (secondary N) is 2. The smallest absolute Gasteiger partial charge is 0.290 e. The maximum Gasteiger partial charge on any atom is 0.347 e. The van der Waals surface area contributed by atoms with Crippen LogP contribution in [0.5, 0.6) is 0 Å². The van der Waals surface area contributed by atoms with Crippen LogP contribution in [0.25, 0.3) is 0 Å². The van der Waals surface area contributed by atoms with Gasteiger partial charge in [0.25, 0.3) is 5.56 Å². The molecule has 0 atom stereocenters. The number of hydrogen-bond donors (Lipinski definition) is 2. The van der Waals surface area contributed by atoms with Gasteiger partial charge in [0.05, 0.1) is 5.69 Å². The number of aromatic amines is 1. The van der Waals surface area contributed by atoms with Crippen LogP contribution in [0.2, 0.25) is 0 Å². The minimum atomic E-state index is -0.473. The van der Waals surface area contributed by atoms with Gasteiger partial charge >= 0.3 is 5.69 Å². The highest BCUT2D eigenvalue weighted by Crippen LogP contribution is 2.12. The monoisotopic (exact) mass is 301 g/mol. The second kappa shape index (κ2) is 7.64. The van der Waals surface area contributed by atoms with Crippen molar-refractivity contribution in [2.24, 2.45) is 0 Å². The van der Waals surface area contributed by atoms with Crippen molar-refractivity contribution >= 4 is 5.69 Å². The van der Waals surface area contributed by atoms with Crippen LogP contribution >= 0.6 is 0 Å². The van der Waals surface area contributed by atoms with Gasteiger partial charge in [-0.15, -0.1) is 0 Å². The van der Waals surface area contributed by atoms with E-state index in [2.05, 4.69) is 29.5 Å². The summed E-state index contributed by atoms with van der Waals surface area (Å²) in [5, 5.41) is 0. The number of hydrogen-bond acceptors (Lipinski definition) is 3. The standard InChI is InChI=1S/C17H23N3O2/c1-3-4-5-6-7-14-8-10-15(11-9-14)19-20-12-13(2)16(21)18-17(20)22/h8-12,19H,3-7H2,1-2H3,(H,18,21,22). The van der Waals surface area contributed by atoms with Gasteiger partial charge in [-0.25, -0.2) is 9.47 Å². The summed E-state index contributed by atoms with van der Waals surface area (Å²) in [7, 11) is 0. The highest BCUT2D eigenvalue weighted by Gasteiger charge is 2.01. The van der Waals surface area contributed by atoms with Gasteiger partial charge in [-0.05, 0) is 37.5 Å². The fraction of sp³-hybridized carbons (Fsp3) is 0.412. The van der Waals surface area contributed by atoms with E-state index in [1.165, 1.54) is 42.1 Å². The zero-order chi connectivity index (χ0) is 15.9. The highest BCUT2D eigenvalue weighted by atomic mass is 16.2. The number of benzene rings is 1. The molecule has 0 radical (unpaired) electrons. The maximum atomic E-state index is 11.7. The second-order valence-corrected chi connectivity index (χ2v) is 5.56. The van der Waals surface area contributed by atoms with Crippen molar-refractivity contribution in [1.82, 2.24) is 9.66 Å². The van der Waals surface area contributed by atoms with E-state index < -0.39 is 5.69 Å². The summed E-state index contributed by atoms with van der Waals surface area (Å²) >= 11 is 0. The number of H-pyrrole nitrogens is 1. The third-order valence-electron chi connectivity index (χ3n) is 3.64. The molecule has 2 N–H and O–H groups in total. The second-order valence-electron chi connectivity index (χ2n) is 5.56. The molecule has 0 saturated heterocycles. The Hall–Kier alpha value is -2.30. The van der Waals surface area contributed by atoms with E-state index in [4.69, 9.17) is 0 Å². The van der Waals surface area contributed by atoms with Gasteiger partial charge in [0.15, 0.2) is 0 Å². The molecule has 1 aromatic carbocycles. The molecule has 1 heterocycles. The van der Waals surface area contributed by atoms with Crippen molar-refractivity contribution in [2.75, 3.05) is 5.43 Å². The van der Waals surface area contributed by atoms with E-state index in [1.807, 2.05) is 12.1 Å². The number of aromatic nitrogens is 2. The molecule has 0 unspecified atom stereocenters. The van der Waals surface area contributed by atoms with Crippen molar-refractivity contribution in [3.63, 3.8) is 0 Å². The quantitative estimate of drug-likeness (QED) is 0.773. The molecule has 5 nitrogen and oxygen atoms in total. The van der Waals surface area contributed by atoms with E-state index in [-0.39, 0.29) is 5.56 Å². The predicted molar refractivity (Wildman–Crippen MR) is 89.4 cm³/mol. The van der Waals surface area contributed by atoms with E-state index in [0.29, 0.717) is 5.56 Å². The molecule has 0 amide bonds. The molecule has 2 aromatic rings. The number of rotatable bonds is 7. The Morgan fingerprint density at radius 2 is 1.82 bits per heavy atom. The van der Waals surface area contributed by atoms with Crippen molar-refractivity contribution in [3.05, 3.63) is 62.4 Å². The Bertz CT molecular complexity index is 714. The first-order valence-electron chi connectivity index (χ1n) is 7.78. The first-order valence-corrected chi connectivity index (χ1v) is 7.78. The van der Waals surface area contributed by atoms with Crippen LogP contribution in [0, 0.1) is 6.92 Å². The van der Waals surface area contributed by atoms with Gasteiger partial charge in [0.1, 0.15) is 0 Å². The molecule has 0 aliphatic carbocycles. The maximum absolute atomic E-state index is 11.7. The lowest BCUT2D eigenvalue weighted by Gasteiger charge is -2.10. The molecule has 0 bridgehead atoms. The Morgan fingerprint density at radius 1 is 1.09 bits per heavy atom. The summed E-state index contributed by atoms with van der Waals surface area (Å²) in [6, 6.07) is 8.03. The molecular weight excluding hydrogens is 278 g/mol. The van der Waals surface area contributed by atoms with E-state index in [0.717, 1.165) is 12.1 Å². The van der Waals surface area contributed by atoms with Crippen LogP contribution in [0.3, 0.4) is 0 Å². The number of nitrogens with zero attached hydrogens (tertiary/aromatic N) is 1. The Balaban J connectivity index is 2.01. The Kier molecular flexibility index (Phi) is 5.58. The molecule has 0 spiro atoms. The van der Waals surface area contributed by atoms with E-state index in [9.17, 15) is 9.59 Å². The van der Waals surface area contributed by atoms with Crippen molar-refractivity contribution in [2.45, 2.75) is 46.0 Å². The first kappa shape index (κ1) is 16.1. The third-order valence-corrected chi connectivity index (χ3v) is 3.64. The number of aryl methyl sites for hydroxylation is 2. The van der Waals surface area contributed by atoms with Gasteiger partial charge in [-0.3, -0.25) is 15.2 Å². The third kappa shape index (κ3) is 4.35. The zero-order valence-electron chi connectivity index (χ0n) is 13.2. The Labute approximate surface area is 130 Å². The largest absolute Gasteiger partial charge is 0.347 e. The lowest BCUT2D eigenvalue weighted by molar-refractivity contribution is 0.667. The average Bonchev–Trinajstić information content (AvgIpc) is 2.51. The van der Waals surface area contributed by atoms with Crippen molar-refractivity contribution < 1.29 is 0 Å². The highest BCUT2D eigenvalue weighted by molar-refractivity contribution is 5.44. The van der Waals surface area contributed by atoms with Crippen LogP contribution in [-0.2, 0) is 6.42 Å². The number of anilines is 1. The minimum Gasteiger partial charge on any atom is -0.290 e. The van der Waals surface area contributed by atoms with Gasteiger partial charge in [0.2, 0.25) is 0 Å². The van der Waals surface area contributed by atoms with Crippen molar-refractivity contribution in [3.8, 4) is 0 Å². The molecule has 2 rings (SSSR count). The molecule has 5 heteroatoms. The summed E-state index contributed by atoms with van der Waals surface area (Å²) in [6.07, 6.45) is 7.59. The van der Waals surface area contributed by atoms with Crippen LogP contribution in [0.4, 0.5) is 5.69 Å². The molecule has 118 valence electrons. The van der Waals surface area contributed by atoms with Gasteiger partial charge < -0.3 is 0 Å². The molecule has 0 aliphatic heterocycles. The number of unbranched alkanes of at least 4 members (excludes halogenated alkanes) is 3. The van der Waals surface area contributed by atoms with Gasteiger partial charge in [0, 0.05) is 11.8 Å². The minimum absolute atomic E-state index is 0.356. The molecule has 22 heavy (non-hydrogen) atoms. The molecule has 0 fully saturated rings. The van der Waals surface area contributed by atoms with E-state index >= 15 is 0 Å². The van der Waals surface area contributed by atoms with Crippen molar-refractivity contribution in [1.29, 1.82) is 0 Å². The van der Waals surface area contributed by atoms with Crippen LogP contribution in [-0.4, -0.2) is 9.66 Å². The van der Waals surface area contributed by atoms with Gasteiger partial charge in [-0.2, -0.15) is 0 Å². The molecule has 1 aromatic heterocycles. The Morgan fingerprint density at radius 3 is 2.50 bits per heavy atom. The first-order chi connectivity index (χ1) is 10.6. The van der Waals surface area contributed by atoms with Crippen LogP contribution < -0.4 is 16.7 Å². The average molecular weight is 301 g/mol. The lowest BCUT2D eigenvalue weighted by atomic mass is 10.1. The molecule has 0 aliphatic rings. The summed E-state index contributed by atoms with van der Waals surface area (Å²) in [5.74, 6) is 0. The normalized spacial score (nSPS) is 10.6. The summed E-state index contributed by atoms with van der Waals surface area (Å²) in [6.45, 7) is 3.87. The van der Waals surface area contributed by atoms with Gasteiger partial charge in [-0.1, -0.05) is 38.3 Å². The summed E-state index contributed by atoms with van der Waals surface area (Å²) < 4.78 is 1.28. The van der Waals surface area contributed by atoms with E-state index in [1.54, 1.807) is 6.92 Å². The van der Waals surface area contributed by atoms with Crippen LogP contribution in [0.1, 0.15) is 43.7 Å². The fourth-order valence-electron chi connectivity index (χ4n) is 2.29. The summed E-state index contributed by atoms with van der Waals surface area (Å²) in [5.41, 5.74) is 4.74. The predicted octanol–water partition coefficient (Wildman–Crippen LogP) is 2.84. The zero-order valence-corrected chi connectivity index (χ0v) is 13.2. The fourth-order valence-corrected chi connectivity index (χ4v) is 2.29. The lowest BCUT2D eigenvalue weighted by Crippen LogP contribution is -2.34. The SMILES string of the molecule is CCCCCCc1ccc(Nn2cc(C)c(=O)[nH]c2=O)cc1. The van der Waals surface area contributed by atoms with Crippen LogP contribution in [0.15, 0.2) is 40.1 Å².